The number of fused-ring (bicyclic) bond motifs is 1. The van der Waals surface area contributed by atoms with Gasteiger partial charge in [0.15, 0.2) is 0 Å². The van der Waals surface area contributed by atoms with Crippen molar-refractivity contribution in [1.82, 2.24) is 4.57 Å². The van der Waals surface area contributed by atoms with Gasteiger partial charge in [-0.05, 0) is 24.3 Å². The maximum absolute atomic E-state index is 14.1. The maximum Gasteiger partial charge on any atom is 0.131 e. The maximum atomic E-state index is 14.1. The summed E-state index contributed by atoms with van der Waals surface area (Å²) < 4.78 is 30.2. The van der Waals surface area contributed by atoms with Crippen LogP contribution in [0.4, 0.5) is 8.78 Å². The van der Waals surface area contributed by atoms with Crippen molar-refractivity contribution in [1.29, 1.82) is 5.26 Å². The van der Waals surface area contributed by atoms with Crippen LogP contribution in [-0.2, 0) is 6.54 Å². The fraction of sp³-hybridized carbons (Fsp3) is 0.0417. The normalized spacial score (nSPS) is 11.5. The average Bonchev–Trinajstić information content (AvgIpc) is 3.06. The highest BCUT2D eigenvalue weighted by atomic mass is 19.1. The van der Waals surface area contributed by atoms with Gasteiger partial charge in [0.25, 0.3) is 0 Å². The Balaban J connectivity index is 1.84. The van der Waals surface area contributed by atoms with Crippen molar-refractivity contribution >= 4 is 22.6 Å². The Labute approximate surface area is 161 Å². The number of nitriles is 1. The molecule has 4 aromatic rings. The molecule has 4 rings (SSSR count). The first-order valence-corrected chi connectivity index (χ1v) is 8.85. The largest absolute Gasteiger partial charge is 0.342 e. The molecule has 0 aliphatic rings. The predicted molar refractivity (Wildman–Crippen MR) is 107 cm³/mol. The first kappa shape index (κ1) is 17.7. The van der Waals surface area contributed by atoms with Crippen LogP contribution in [0, 0.1) is 23.0 Å². The minimum atomic E-state index is -0.439. The number of aromatic nitrogens is 1. The molecule has 2 nitrogen and oxygen atoms in total. The van der Waals surface area contributed by atoms with E-state index in [1.807, 2.05) is 35.0 Å². The number of allylic oxidation sites excluding steroid dienone is 1. The van der Waals surface area contributed by atoms with E-state index >= 15 is 0 Å². The molecule has 0 aliphatic carbocycles. The third kappa shape index (κ3) is 3.30. The van der Waals surface area contributed by atoms with E-state index in [0.29, 0.717) is 12.1 Å². The number of para-hydroxylation sites is 1. The van der Waals surface area contributed by atoms with Gasteiger partial charge < -0.3 is 4.57 Å². The van der Waals surface area contributed by atoms with Crippen molar-refractivity contribution in [3.8, 4) is 6.07 Å². The summed E-state index contributed by atoms with van der Waals surface area (Å²) in [5.41, 5.74) is 2.78. The summed E-state index contributed by atoms with van der Waals surface area (Å²) in [6.45, 7) is 0.364. The Kier molecular flexibility index (Phi) is 4.74. The molecule has 0 saturated heterocycles. The monoisotopic (exact) mass is 370 g/mol. The van der Waals surface area contributed by atoms with Crippen molar-refractivity contribution in [3.05, 3.63) is 107 Å². The van der Waals surface area contributed by atoms with Gasteiger partial charge >= 0.3 is 0 Å². The summed E-state index contributed by atoms with van der Waals surface area (Å²) in [6.07, 6.45) is 3.55. The Bertz CT molecular complexity index is 1230. The fourth-order valence-corrected chi connectivity index (χ4v) is 3.34. The Morgan fingerprint density at radius 3 is 2.32 bits per heavy atom. The van der Waals surface area contributed by atoms with Crippen LogP contribution < -0.4 is 0 Å². The quantitative estimate of drug-likeness (QED) is 0.403. The van der Waals surface area contributed by atoms with E-state index in [1.165, 1.54) is 12.1 Å². The van der Waals surface area contributed by atoms with Crippen molar-refractivity contribution in [2.45, 2.75) is 6.54 Å². The van der Waals surface area contributed by atoms with Crippen LogP contribution in [0.5, 0.6) is 0 Å². The van der Waals surface area contributed by atoms with E-state index in [4.69, 9.17) is 0 Å². The lowest BCUT2D eigenvalue weighted by Gasteiger charge is -2.06. The van der Waals surface area contributed by atoms with Gasteiger partial charge in [-0.25, -0.2) is 8.78 Å². The van der Waals surface area contributed by atoms with Crippen LogP contribution in [0.25, 0.3) is 22.6 Å². The summed E-state index contributed by atoms with van der Waals surface area (Å²) in [6, 6.07) is 22.7. The van der Waals surface area contributed by atoms with Gasteiger partial charge in [0.2, 0.25) is 0 Å². The highest BCUT2D eigenvalue weighted by molar-refractivity contribution is 5.98. The molecule has 3 aromatic carbocycles. The molecule has 0 atom stereocenters. The van der Waals surface area contributed by atoms with Gasteiger partial charge in [-0.1, -0.05) is 54.6 Å². The molecule has 0 bridgehead atoms. The molecule has 28 heavy (non-hydrogen) atoms. The molecule has 0 amide bonds. The first-order valence-electron chi connectivity index (χ1n) is 8.85. The van der Waals surface area contributed by atoms with E-state index < -0.39 is 5.82 Å². The van der Waals surface area contributed by atoms with Gasteiger partial charge in [-0.15, -0.1) is 0 Å². The van der Waals surface area contributed by atoms with Crippen LogP contribution >= 0.6 is 0 Å². The highest BCUT2D eigenvalue weighted by Gasteiger charge is 2.12. The molecule has 136 valence electrons. The molecule has 0 aliphatic heterocycles. The molecule has 0 radical (unpaired) electrons. The van der Waals surface area contributed by atoms with E-state index in [2.05, 4.69) is 6.07 Å². The molecular formula is C24H16F2N2. The molecule has 1 aromatic heterocycles. The fourth-order valence-electron chi connectivity index (χ4n) is 3.34. The first-order chi connectivity index (χ1) is 13.7. The van der Waals surface area contributed by atoms with Gasteiger partial charge in [0.05, 0.1) is 18.2 Å². The minimum Gasteiger partial charge on any atom is -0.342 e. The zero-order chi connectivity index (χ0) is 19.5. The van der Waals surface area contributed by atoms with Gasteiger partial charge in [-0.3, -0.25) is 0 Å². The Morgan fingerprint density at radius 1 is 0.893 bits per heavy atom. The third-order valence-electron chi connectivity index (χ3n) is 4.70. The molecule has 0 N–H and O–H groups in total. The zero-order valence-electron chi connectivity index (χ0n) is 14.9. The molecule has 0 spiro atoms. The van der Waals surface area contributed by atoms with E-state index in [0.717, 1.165) is 16.5 Å². The van der Waals surface area contributed by atoms with Crippen molar-refractivity contribution in [2.24, 2.45) is 0 Å². The predicted octanol–water partition coefficient (Wildman–Crippen LogP) is 6.03. The summed E-state index contributed by atoms with van der Waals surface area (Å²) in [5, 5.41) is 10.5. The summed E-state index contributed by atoms with van der Waals surface area (Å²) in [5.74, 6) is -0.702. The summed E-state index contributed by atoms with van der Waals surface area (Å²) >= 11 is 0. The van der Waals surface area contributed by atoms with Crippen molar-refractivity contribution in [2.75, 3.05) is 0 Å². The molecule has 1 heterocycles. The minimum absolute atomic E-state index is 0.242. The van der Waals surface area contributed by atoms with E-state index in [9.17, 15) is 14.0 Å². The lowest BCUT2D eigenvalue weighted by Crippen LogP contribution is -2.00. The third-order valence-corrected chi connectivity index (χ3v) is 4.70. The molecule has 0 unspecified atom stereocenters. The van der Waals surface area contributed by atoms with Crippen molar-refractivity contribution in [3.63, 3.8) is 0 Å². The lowest BCUT2D eigenvalue weighted by molar-refractivity contribution is 0.602. The second kappa shape index (κ2) is 7.50. The zero-order valence-corrected chi connectivity index (χ0v) is 14.9. The standard InChI is InChI=1S/C24H16F2N2/c25-22-10-4-1-7-17(22)15-28-16-19(21-9-3-6-12-24(21)28)13-18(14-27)20-8-2-5-11-23(20)26/h1-13,16H,15H2/b18-13-. The second-order valence-electron chi connectivity index (χ2n) is 6.47. The lowest BCUT2D eigenvalue weighted by atomic mass is 10.0. The average molecular weight is 370 g/mol. The van der Waals surface area contributed by atoms with Gasteiger partial charge in [-0.2, -0.15) is 5.26 Å². The van der Waals surface area contributed by atoms with Gasteiger partial charge in [0.1, 0.15) is 11.6 Å². The highest BCUT2D eigenvalue weighted by Crippen LogP contribution is 2.28. The van der Waals surface area contributed by atoms with Crippen molar-refractivity contribution < 1.29 is 8.78 Å². The van der Waals surface area contributed by atoms with Crippen LogP contribution in [-0.4, -0.2) is 4.57 Å². The SMILES string of the molecule is N#C/C(=C/c1cn(Cc2ccccc2F)c2ccccc12)c1ccccc1F. The smallest absolute Gasteiger partial charge is 0.131 e. The molecule has 0 fully saturated rings. The van der Waals surface area contributed by atoms with Crippen LogP contribution in [0.1, 0.15) is 16.7 Å². The Morgan fingerprint density at radius 2 is 1.57 bits per heavy atom. The summed E-state index contributed by atoms with van der Waals surface area (Å²) in [4.78, 5) is 0. The topological polar surface area (TPSA) is 28.7 Å². The molecule has 0 saturated carbocycles. The summed E-state index contributed by atoms with van der Waals surface area (Å²) in [7, 11) is 0. The van der Waals surface area contributed by atoms with E-state index in [1.54, 1.807) is 42.5 Å². The number of benzene rings is 3. The Hall–Kier alpha value is -3.71. The number of hydrogen-bond donors (Lipinski definition) is 0. The second-order valence-corrected chi connectivity index (χ2v) is 6.47. The number of rotatable bonds is 4. The van der Waals surface area contributed by atoms with Gasteiger partial charge in [0, 0.05) is 33.8 Å². The number of nitrogens with zero attached hydrogens (tertiary/aromatic N) is 2. The number of halogens is 2. The van der Waals surface area contributed by atoms with Crippen LogP contribution in [0.15, 0.2) is 79.0 Å². The number of hydrogen-bond acceptors (Lipinski definition) is 1. The van der Waals surface area contributed by atoms with Crippen LogP contribution in [0.3, 0.4) is 0 Å². The molecular weight excluding hydrogens is 354 g/mol. The molecule has 4 heteroatoms. The van der Waals surface area contributed by atoms with E-state index in [-0.39, 0.29) is 17.0 Å². The van der Waals surface area contributed by atoms with Crippen LogP contribution in [0.2, 0.25) is 0 Å².